The van der Waals surface area contributed by atoms with Crippen molar-refractivity contribution in [2.45, 2.75) is 6.04 Å². The van der Waals surface area contributed by atoms with Crippen LogP contribution < -0.4 is 10.1 Å². The number of nitrogens with zero attached hydrogens (tertiary/aromatic N) is 1. The van der Waals surface area contributed by atoms with Crippen molar-refractivity contribution in [2.75, 3.05) is 33.3 Å². The Labute approximate surface area is 119 Å². The SMILES string of the molecule is C=C[C@@H](c1cc(OC)ccc1F)N1CCNCC1.Cl. The normalized spacial score (nSPS) is 17.4. The molecule has 0 spiro atoms. The molecule has 1 atom stereocenters. The molecule has 0 aliphatic carbocycles. The Balaban J connectivity index is 0.00000180. The van der Waals surface area contributed by atoms with E-state index in [4.69, 9.17) is 4.74 Å². The third kappa shape index (κ3) is 3.69. The first-order chi connectivity index (χ1) is 8.76. The summed E-state index contributed by atoms with van der Waals surface area (Å²) in [6, 6.07) is 4.75. The van der Waals surface area contributed by atoms with Crippen LogP contribution in [0.2, 0.25) is 0 Å². The highest BCUT2D eigenvalue weighted by Crippen LogP contribution is 2.28. The predicted molar refractivity (Wildman–Crippen MR) is 77.6 cm³/mol. The van der Waals surface area contributed by atoms with Crippen molar-refractivity contribution >= 4 is 12.4 Å². The summed E-state index contributed by atoms with van der Waals surface area (Å²) >= 11 is 0. The van der Waals surface area contributed by atoms with Crippen LogP contribution in [0.15, 0.2) is 30.9 Å². The van der Waals surface area contributed by atoms with Gasteiger partial charge in [0.05, 0.1) is 13.2 Å². The van der Waals surface area contributed by atoms with Gasteiger partial charge in [-0.1, -0.05) is 6.08 Å². The fourth-order valence-electron chi connectivity index (χ4n) is 2.31. The summed E-state index contributed by atoms with van der Waals surface area (Å²) in [5.41, 5.74) is 0.631. The van der Waals surface area contributed by atoms with Gasteiger partial charge in [-0.05, 0) is 18.2 Å². The van der Waals surface area contributed by atoms with Crippen molar-refractivity contribution in [3.05, 3.63) is 42.2 Å². The predicted octanol–water partition coefficient (Wildman–Crippen LogP) is 2.39. The van der Waals surface area contributed by atoms with Crippen molar-refractivity contribution in [1.29, 1.82) is 0 Å². The summed E-state index contributed by atoms with van der Waals surface area (Å²) in [4.78, 5) is 2.22. The molecule has 5 heteroatoms. The molecule has 1 aromatic carbocycles. The average Bonchev–Trinajstić information content (AvgIpc) is 2.43. The van der Waals surface area contributed by atoms with Crippen LogP contribution in [0.4, 0.5) is 4.39 Å². The van der Waals surface area contributed by atoms with Gasteiger partial charge in [-0.2, -0.15) is 0 Å². The van der Waals surface area contributed by atoms with Gasteiger partial charge < -0.3 is 10.1 Å². The zero-order valence-corrected chi connectivity index (χ0v) is 11.9. The lowest BCUT2D eigenvalue weighted by Gasteiger charge is -2.33. The molecule has 0 amide bonds. The first kappa shape index (κ1) is 16.0. The van der Waals surface area contributed by atoms with Crippen LogP contribution >= 0.6 is 12.4 Å². The molecule has 19 heavy (non-hydrogen) atoms. The number of halogens is 2. The molecule has 1 heterocycles. The second-order valence-corrected chi connectivity index (χ2v) is 4.35. The molecular weight excluding hydrogens is 267 g/mol. The van der Waals surface area contributed by atoms with Crippen molar-refractivity contribution in [3.63, 3.8) is 0 Å². The first-order valence-corrected chi connectivity index (χ1v) is 6.17. The number of methoxy groups -OCH3 is 1. The van der Waals surface area contributed by atoms with E-state index < -0.39 is 0 Å². The van der Waals surface area contributed by atoms with Crippen LogP contribution in [0.1, 0.15) is 11.6 Å². The van der Waals surface area contributed by atoms with Gasteiger partial charge in [0.25, 0.3) is 0 Å². The molecule has 3 nitrogen and oxygen atoms in total. The Morgan fingerprint density at radius 2 is 2.11 bits per heavy atom. The van der Waals surface area contributed by atoms with Crippen LogP contribution in [-0.4, -0.2) is 38.2 Å². The summed E-state index contributed by atoms with van der Waals surface area (Å²) < 4.78 is 19.1. The Bertz CT molecular complexity index is 422. The fourth-order valence-corrected chi connectivity index (χ4v) is 2.31. The third-order valence-corrected chi connectivity index (χ3v) is 3.29. The molecule has 0 bridgehead atoms. The van der Waals surface area contributed by atoms with Gasteiger partial charge in [0.1, 0.15) is 11.6 Å². The summed E-state index contributed by atoms with van der Waals surface area (Å²) in [7, 11) is 1.59. The third-order valence-electron chi connectivity index (χ3n) is 3.29. The summed E-state index contributed by atoms with van der Waals surface area (Å²) in [6.45, 7) is 7.49. The molecule has 1 saturated heterocycles. The minimum Gasteiger partial charge on any atom is -0.497 e. The largest absolute Gasteiger partial charge is 0.497 e. The summed E-state index contributed by atoms with van der Waals surface area (Å²) in [5.74, 6) is 0.465. The van der Waals surface area contributed by atoms with Gasteiger partial charge in [-0.25, -0.2) is 4.39 Å². The number of rotatable bonds is 4. The Morgan fingerprint density at radius 3 is 2.68 bits per heavy atom. The molecule has 0 saturated carbocycles. The number of nitrogens with one attached hydrogen (secondary N) is 1. The van der Waals surface area contributed by atoms with E-state index >= 15 is 0 Å². The van der Waals surface area contributed by atoms with Crippen LogP contribution in [0.25, 0.3) is 0 Å². The van der Waals surface area contributed by atoms with Crippen molar-refractivity contribution in [1.82, 2.24) is 10.2 Å². The minimum atomic E-state index is -0.209. The van der Waals surface area contributed by atoms with Gasteiger partial charge in [-0.3, -0.25) is 4.90 Å². The fraction of sp³-hybridized carbons (Fsp3) is 0.429. The Morgan fingerprint density at radius 1 is 1.42 bits per heavy atom. The monoisotopic (exact) mass is 286 g/mol. The smallest absolute Gasteiger partial charge is 0.128 e. The Hall–Kier alpha value is -1.10. The van der Waals surface area contributed by atoms with Crippen LogP contribution in [0.5, 0.6) is 5.75 Å². The second-order valence-electron chi connectivity index (χ2n) is 4.35. The van der Waals surface area contributed by atoms with Crippen LogP contribution in [0, 0.1) is 5.82 Å². The number of hydrogen-bond acceptors (Lipinski definition) is 3. The molecule has 2 rings (SSSR count). The van der Waals surface area contributed by atoms with Gasteiger partial charge >= 0.3 is 0 Å². The summed E-state index contributed by atoms with van der Waals surface area (Å²) in [5, 5.41) is 3.29. The number of ether oxygens (including phenoxy) is 1. The maximum absolute atomic E-state index is 14.0. The topological polar surface area (TPSA) is 24.5 Å². The van der Waals surface area contributed by atoms with Crippen LogP contribution in [0.3, 0.4) is 0 Å². The molecule has 0 aromatic heterocycles. The molecule has 0 unspecified atom stereocenters. The van der Waals surface area contributed by atoms with E-state index in [1.54, 1.807) is 25.3 Å². The lowest BCUT2D eigenvalue weighted by Crippen LogP contribution is -2.44. The quantitative estimate of drug-likeness (QED) is 0.860. The Kier molecular flexibility index (Phi) is 6.28. The van der Waals surface area contributed by atoms with E-state index in [1.165, 1.54) is 6.07 Å². The highest BCUT2D eigenvalue weighted by molar-refractivity contribution is 5.85. The van der Waals surface area contributed by atoms with E-state index in [2.05, 4.69) is 16.8 Å². The van der Waals surface area contributed by atoms with Gasteiger partial charge in [0.2, 0.25) is 0 Å². The molecule has 1 aliphatic heterocycles. The lowest BCUT2D eigenvalue weighted by atomic mass is 10.0. The molecule has 1 aromatic rings. The zero-order valence-electron chi connectivity index (χ0n) is 11.1. The maximum atomic E-state index is 14.0. The van der Waals surface area contributed by atoms with Crippen molar-refractivity contribution in [2.24, 2.45) is 0 Å². The lowest BCUT2D eigenvalue weighted by molar-refractivity contribution is 0.200. The molecular formula is C14H20ClFN2O. The van der Waals surface area contributed by atoms with Gasteiger partial charge in [-0.15, -0.1) is 19.0 Å². The first-order valence-electron chi connectivity index (χ1n) is 6.17. The van der Waals surface area contributed by atoms with E-state index in [0.29, 0.717) is 11.3 Å². The molecule has 1 fully saturated rings. The molecule has 1 aliphatic rings. The molecule has 1 N–H and O–H groups in total. The van der Waals surface area contributed by atoms with Gasteiger partial charge in [0, 0.05) is 31.7 Å². The van der Waals surface area contributed by atoms with Gasteiger partial charge in [0.15, 0.2) is 0 Å². The number of hydrogen-bond donors (Lipinski definition) is 1. The maximum Gasteiger partial charge on any atom is 0.128 e. The average molecular weight is 287 g/mol. The van der Waals surface area contributed by atoms with Crippen molar-refractivity contribution in [3.8, 4) is 5.75 Å². The minimum absolute atomic E-state index is 0. The highest BCUT2D eigenvalue weighted by atomic mass is 35.5. The molecule has 0 radical (unpaired) electrons. The van der Waals surface area contributed by atoms with E-state index in [9.17, 15) is 4.39 Å². The standard InChI is InChI=1S/C14H19FN2O.ClH/c1-3-14(17-8-6-16-7-9-17)12-10-11(18-2)4-5-13(12)15;/h3-5,10,14,16H,1,6-9H2,2H3;1H/t14-;/m0./s1. The van der Waals surface area contributed by atoms with Crippen LogP contribution in [-0.2, 0) is 0 Å². The highest BCUT2D eigenvalue weighted by Gasteiger charge is 2.22. The summed E-state index contributed by atoms with van der Waals surface area (Å²) in [6.07, 6.45) is 1.79. The second kappa shape index (κ2) is 7.48. The van der Waals surface area contributed by atoms with E-state index in [-0.39, 0.29) is 24.3 Å². The van der Waals surface area contributed by atoms with E-state index in [1.807, 2.05) is 0 Å². The number of benzene rings is 1. The van der Waals surface area contributed by atoms with E-state index in [0.717, 1.165) is 26.2 Å². The van der Waals surface area contributed by atoms with Crippen molar-refractivity contribution < 1.29 is 9.13 Å². The number of piperazine rings is 1. The zero-order chi connectivity index (χ0) is 13.0. The molecule has 106 valence electrons.